The van der Waals surface area contributed by atoms with Gasteiger partial charge in [-0.05, 0) is 18.7 Å². The lowest BCUT2D eigenvalue weighted by molar-refractivity contribution is 0.102. The molecule has 0 aliphatic rings. The third-order valence-electron chi connectivity index (χ3n) is 3.47. The van der Waals surface area contributed by atoms with Crippen molar-refractivity contribution in [2.24, 2.45) is 7.05 Å². The van der Waals surface area contributed by atoms with E-state index in [0.717, 1.165) is 21.8 Å². The van der Waals surface area contributed by atoms with Gasteiger partial charge in [-0.3, -0.25) is 14.8 Å². The second-order valence-electron chi connectivity index (χ2n) is 5.00. The zero-order valence-corrected chi connectivity index (χ0v) is 14.7. The van der Waals surface area contributed by atoms with Crippen LogP contribution in [0.15, 0.2) is 40.9 Å². The van der Waals surface area contributed by atoms with E-state index < -0.39 is 0 Å². The van der Waals surface area contributed by atoms with Crippen LogP contribution in [0.1, 0.15) is 15.9 Å². The highest BCUT2D eigenvalue weighted by molar-refractivity contribution is 7.98. The van der Waals surface area contributed by atoms with Crippen molar-refractivity contribution < 1.29 is 4.79 Å². The summed E-state index contributed by atoms with van der Waals surface area (Å²) in [5, 5.41) is 10.4. The minimum absolute atomic E-state index is 0.187. The van der Waals surface area contributed by atoms with Crippen LogP contribution in [-0.4, -0.2) is 26.9 Å². The topological polar surface area (TPSA) is 59.8 Å². The van der Waals surface area contributed by atoms with Gasteiger partial charge in [0, 0.05) is 18.0 Å². The van der Waals surface area contributed by atoms with Crippen molar-refractivity contribution in [2.75, 3.05) is 11.6 Å². The highest BCUT2D eigenvalue weighted by Crippen LogP contribution is 2.28. The third kappa shape index (κ3) is 3.16. The number of hydrogen-bond donors (Lipinski definition) is 1. The molecular formula is C16H16N4OS2. The van der Waals surface area contributed by atoms with E-state index in [9.17, 15) is 4.79 Å². The normalized spacial score (nSPS) is 10.7. The molecule has 0 bridgehead atoms. The van der Waals surface area contributed by atoms with E-state index in [0.29, 0.717) is 10.7 Å². The standard InChI is InChI=1S/C16H16N4OS2/c1-10-6-4-5-7-11(10)13-9-23-16(18-13)19-14(21)12-8-17-20(2)15(12)22-3/h4-9H,1-3H3,(H,18,19,21). The Morgan fingerprint density at radius 1 is 1.35 bits per heavy atom. The zero-order chi connectivity index (χ0) is 16.4. The molecule has 0 aliphatic heterocycles. The maximum atomic E-state index is 12.4. The summed E-state index contributed by atoms with van der Waals surface area (Å²) in [6.45, 7) is 2.05. The Kier molecular flexibility index (Phi) is 4.49. The lowest BCUT2D eigenvalue weighted by Gasteiger charge is -2.03. The van der Waals surface area contributed by atoms with E-state index >= 15 is 0 Å². The summed E-state index contributed by atoms with van der Waals surface area (Å²) in [5.74, 6) is -0.187. The number of hydrogen-bond acceptors (Lipinski definition) is 5. The van der Waals surface area contributed by atoms with Gasteiger partial charge in [0.2, 0.25) is 0 Å². The maximum absolute atomic E-state index is 12.4. The molecule has 1 amide bonds. The lowest BCUT2D eigenvalue weighted by atomic mass is 10.1. The van der Waals surface area contributed by atoms with Crippen LogP contribution < -0.4 is 5.32 Å². The number of anilines is 1. The van der Waals surface area contributed by atoms with Crippen molar-refractivity contribution in [1.29, 1.82) is 0 Å². The predicted molar refractivity (Wildman–Crippen MR) is 95.2 cm³/mol. The molecule has 1 aromatic carbocycles. The molecule has 0 fully saturated rings. The zero-order valence-electron chi connectivity index (χ0n) is 13.0. The molecule has 0 unspecified atom stereocenters. The van der Waals surface area contributed by atoms with Crippen LogP contribution in [0.25, 0.3) is 11.3 Å². The molecule has 0 radical (unpaired) electrons. The number of nitrogens with zero attached hydrogens (tertiary/aromatic N) is 3. The molecule has 5 nitrogen and oxygen atoms in total. The molecule has 7 heteroatoms. The highest BCUT2D eigenvalue weighted by atomic mass is 32.2. The number of carbonyl (C=O) groups excluding carboxylic acids is 1. The fourth-order valence-electron chi connectivity index (χ4n) is 2.30. The second-order valence-corrected chi connectivity index (χ2v) is 6.65. The number of amides is 1. The summed E-state index contributed by atoms with van der Waals surface area (Å²) in [4.78, 5) is 16.9. The van der Waals surface area contributed by atoms with Crippen molar-refractivity contribution in [3.05, 3.63) is 47.0 Å². The van der Waals surface area contributed by atoms with Gasteiger partial charge in [-0.15, -0.1) is 23.1 Å². The molecule has 0 aliphatic carbocycles. The first-order valence-electron chi connectivity index (χ1n) is 6.99. The van der Waals surface area contributed by atoms with Gasteiger partial charge in [0.05, 0.1) is 17.5 Å². The van der Waals surface area contributed by atoms with E-state index in [4.69, 9.17) is 0 Å². The number of thiazole rings is 1. The van der Waals surface area contributed by atoms with Gasteiger partial charge in [-0.25, -0.2) is 4.98 Å². The molecule has 0 spiro atoms. The second kappa shape index (κ2) is 6.55. The van der Waals surface area contributed by atoms with E-state index in [1.807, 2.05) is 49.9 Å². The summed E-state index contributed by atoms with van der Waals surface area (Å²) < 4.78 is 1.69. The molecule has 0 atom stereocenters. The first kappa shape index (κ1) is 15.8. The number of nitrogens with one attached hydrogen (secondary N) is 1. The SMILES string of the molecule is CSc1c(C(=O)Nc2nc(-c3ccccc3C)cs2)cnn1C. The molecule has 23 heavy (non-hydrogen) atoms. The molecule has 2 aromatic heterocycles. The fraction of sp³-hybridized carbons (Fsp3) is 0.188. The van der Waals surface area contributed by atoms with Crippen molar-refractivity contribution in [3.8, 4) is 11.3 Å². The van der Waals surface area contributed by atoms with E-state index in [1.54, 1.807) is 10.9 Å². The van der Waals surface area contributed by atoms with Crippen LogP contribution in [0.3, 0.4) is 0 Å². The Balaban J connectivity index is 1.82. The van der Waals surface area contributed by atoms with Gasteiger partial charge in [-0.2, -0.15) is 5.10 Å². The molecule has 2 heterocycles. The number of carbonyl (C=O) groups is 1. The van der Waals surface area contributed by atoms with Crippen LogP contribution in [0.5, 0.6) is 0 Å². The average molecular weight is 344 g/mol. The van der Waals surface area contributed by atoms with Crippen LogP contribution in [0.4, 0.5) is 5.13 Å². The Bertz CT molecular complexity index is 853. The van der Waals surface area contributed by atoms with Crippen LogP contribution in [0, 0.1) is 6.92 Å². The molecule has 0 saturated carbocycles. The Labute approximate surface area is 142 Å². The first-order valence-corrected chi connectivity index (χ1v) is 9.09. The number of aromatic nitrogens is 3. The van der Waals surface area contributed by atoms with Crippen LogP contribution in [0.2, 0.25) is 0 Å². The maximum Gasteiger partial charge on any atom is 0.261 e. The van der Waals surface area contributed by atoms with Crippen molar-refractivity contribution in [1.82, 2.24) is 14.8 Å². The number of benzene rings is 1. The number of rotatable bonds is 4. The fourth-order valence-corrected chi connectivity index (χ4v) is 3.69. The van der Waals surface area contributed by atoms with Crippen molar-refractivity contribution >= 4 is 34.1 Å². The smallest absolute Gasteiger partial charge is 0.261 e. The van der Waals surface area contributed by atoms with Crippen molar-refractivity contribution in [3.63, 3.8) is 0 Å². The van der Waals surface area contributed by atoms with E-state index in [2.05, 4.69) is 15.4 Å². The molecule has 118 valence electrons. The quantitative estimate of drug-likeness (QED) is 0.731. The van der Waals surface area contributed by atoms with Crippen molar-refractivity contribution in [2.45, 2.75) is 11.9 Å². The molecule has 0 saturated heterocycles. The average Bonchev–Trinajstić information content (AvgIpc) is 3.14. The summed E-state index contributed by atoms with van der Waals surface area (Å²) in [7, 11) is 1.82. The molecular weight excluding hydrogens is 328 g/mol. The van der Waals surface area contributed by atoms with Gasteiger partial charge in [0.1, 0.15) is 5.03 Å². The number of aryl methyl sites for hydroxylation is 2. The first-order chi connectivity index (χ1) is 11.1. The van der Waals surface area contributed by atoms with Crippen LogP contribution >= 0.6 is 23.1 Å². The minimum atomic E-state index is -0.187. The minimum Gasteiger partial charge on any atom is -0.298 e. The summed E-state index contributed by atoms with van der Waals surface area (Å²) in [6, 6.07) is 8.07. The summed E-state index contributed by atoms with van der Waals surface area (Å²) in [6.07, 6.45) is 3.50. The Morgan fingerprint density at radius 3 is 2.87 bits per heavy atom. The summed E-state index contributed by atoms with van der Waals surface area (Å²) in [5.41, 5.74) is 3.68. The van der Waals surface area contributed by atoms with Gasteiger partial charge in [0.25, 0.3) is 5.91 Å². The largest absolute Gasteiger partial charge is 0.298 e. The monoisotopic (exact) mass is 344 g/mol. The number of thioether (sulfide) groups is 1. The molecule has 1 N–H and O–H groups in total. The van der Waals surface area contributed by atoms with Gasteiger partial charge < -0.3 is 0 Å². The van der Waals surface area contributed by atoms with Gasteiger partial charge in [0.15, 0.2) is 5.13 Å². The van der Waals surface area contributed by atoms with Gasteiger partial charge in [-0.1, -0.05) is 24.3 Å². The van der Waals surface area contributed by atoms with E-state index in [-0.39, 0.29) is 5.91 Å². The van der Waals surface area contributed by atoms with E-state index in [1.165, 1.54) is 23.1 Å². The van der Waals surface area contributed by atoms with Crippen LogP contribution in [-0.2, 0) is 7.05 Å². The lowest BCUT2D eigenvalue weighted by Crippen LogP contribution is -2.12. The Morgan fingerprint density at radius 2 is 2.13 bits per heavy atom. The predicted octanol–water partition coefficient (Wildman–Crippen LogP) is 3.83. The molecule has 3 rings (SSSR count). The van der Waals surface area contributed by atoms with Gasteiger partial charge >= 0.3 is 0 Å². The highest BCUT2D eigenvalue weighted by Gasteiger charge is 2.17. The third-order valence-corrected chi connectivity index (χ3v) is 5.10. The molecule has 3 aromatic rings. The Hall–Kier alpha value is -2.12. The summed E-state index contributed by atoms with van der Waals surface area (Å²) >= 11 is 2.91.